The molecule has 0 unspecified atom stereocenters. The van der Waals surface area contributed by atoms with E-state index in [9.17, 15) is 0 Å². The summed E-state index contributed by atoms with van der Waals surface area (Å²) in [4.78, 5) is 0. The van der Waals surface area contributed by atoms with Gasteiger partial charge in [0.25, 0.3) is 0 Å². The van der Waals surface area contributed by atoms with Gasteiger partial charge in [0.15, 0.2) is 0 Å². The van der Waals surface area contributed by atoms with Gasteiger partial charge in [-0.15, -0.1) is 4.35 Å². The highest BCUT2D eigenvalue weighted by Crippen LogP contribution is 2.13. The average Bonchev–Trinajstić information content (AvgIpc) is 2.45. The molecule has 3 heteroatoms. The maximum atomic E-state index is 4.51. The zero-order valence-electron chi connectivity index (χ0n) is 13.9. The van der Waals surface area contributed by atoms with Crippen LogP contribution in [0, 0.1) is 0 Å². The van der Waals surface area contributed by atoms with E-state index in [1.165, 1.54) is 96.3 Å². The lowest BCUT2D eigenvalue weighted by Gasteiger charge is -2.02. The Morgan fingerprint density at radius 2 is 0.600 bits per heavy atom. The van der Waals surface area contributed by atoms with Gasteiger partial charge in [-0.2, -0.15) is 0 Å². The van der Waals surface area contributed by atoms with Crippen molar-refractivity contribution in [1.82, 2.24) is 4.35 Å². The van der Waals surface area contributed by atoms with E-state index in [0.29, 0.717) is 0 Å². The molecule has 0 aliphatic heterocycles. The molecule has 0 saturated carbocycles. The molecule has 124 valence electrons. The molecule has 0 atom stereocenters. The molecule has 1 nitrogen and oxygen atoms in total. The SMILES string of the molecule is CCCCCCCCCCCCCCCCC.ClNCl. The van der Waals surface area contributed by atoms with Crippen molar-refractivity contribution in [2.75, 3.05) is 0 Å². The first-order chi connectivity index (χ1) is 9.83. The van der Waals surface area contributed by atoms with Crippen LogP contribution >= 0.6 is 23.6 Å². The van der Waals surface area contributed by atoms with E-state index in [-0.39, 0.29) is 0 Å². The van der Waals surface area contributed by atoms with E-state index < -0.39 is 0 Å². The lowest BCUT2D eigenvalue weighted by molar-refractivity contribution is 0.534. The third-order valence-electron chi connectivity index (χ3n) is 3.71. The second-order valence-corrected chi connectivity index (χ2v) is 6.24. The van der Waals surface area contributed by atoms with Crippen LogP contribution in [0.25, 0.3) is 0 Å². The van der Waals surface area contributed by atoms with Crippen LogP contribution in [-0.4, -0.2) is 0 Å². The minimum absolute atomic E-state index is 1.37. The van der Waals surface area contributed by atoms with Gasteiger partial charge in [-0.1, -0.05) is 110 Å². The molecule has 0 aliphatic carbocycles. The fourth-order valence-corrected chi connectivity index (χ4v) is 2.44. The summed E-state index contributed by atoms with van der Waals surface area (Å²) in [5, 5.41) is 0. The molecular weight excluding hydrogens is 289 g/mol. The highest BCUT2D eigenvalue weighted by molar-refractivity contribution is 6.33. The van der Waals surface area contributed by atoms with Gasteiger partial charge in [0, 0.05) is 0 Å². The molecule has 1 N–H and O–H groups in total. The lowest BCUT2D eigenvalue weighted by Crippen LogP contribution is -1.82. The van der Waals surface area contributed by atoms with E-state index >= 15 is 0 Å². The molecule has 0 bridgehead atoms. The lowest BCUT2D eigenvalue weighted by atomic mass is 10.0. The van der Waals surface area contributed by atoms with Gasteiger partial charge in [-0.25, -0.2) is 0 Å². The highest BCUT2D eigenvalue weighted by atomic mass is 35.5. The molecule has 0 aromatic carbocycles. The smallest absolute Gasteiger partial charge is 0.00838 e. The number of hydrogen-bond donors (Lipinski definition) is 1. The van der Waals surface area contributed by atoms with Gasteiger partial charge in [0.1, 0.15) is 0 Å². The van der Waals surface area contributed by atoms with Crippen LogP contribution < -0.4 is 4.35 Å². The Kier molecular flexibility index (Phi) is 28.0. The number of nitrogens with one attached hydrogen (secondary N) is 1. The predicted molar refractivity (Wildman–Crippen MR) is 95.4 cm³/mol. The summed E-state index contributed by atoms with van der Waals surface area (Å²) in [5.41, 5.74) is 0. The van der Waals surface area contributed by atoms with Crippen molar-refractivity contribution in [3.8, 4) is 0 Å². The number of unbranched alkanes of at least 4 members (excludes halogenated alkanes) is 14. The van der Waals surface area contributed by atoms with Crippen LogP contribution in [-0.2, 0) is 0 Å². The van der Waals surface area contributed by atoms with E-state index in [4.69, 9.17) is 0 Å². The number of hydrogen-bond acceptors (Lipinski definition) is 1. The Labute approximate surface area is 138 Å². The second kappa shape index (κ2) is 24.6. The minimum Gasteiger partial charge on any atom is -0.145 e. The van der Waals surface area contributed by atoms with Crippen molar-refractivity contribution in [3.63, 3.8) is 0 Å². The third-order valence-corrected chi connectivity index (χ3v) is 3.71. The maximum absolute atomic E-state index is 4.51. The Balaban J connectivity index is 0. The second-order valence-electron chi connectivity index (χ2n) is 5.67. The summed E-state index contributed by atoms with van der Waals surface area (Å²) in [6.45, 7) is 4.58. The number of rotatable bonds is 14. The Morgan fingerprint density at radius 3 is 0.750 bits per heavy atom. The standard InChI is InChI=1S/C17H36.Cl2HN/c1-3-5-7-9-11-13-15-17-16-14-12-10-8-6-4-2;1-3-2/h3-17H2,1-2H3;3H. The Bertz CT molecular complexity index is 129. The van der Waals surface area contributed by atoms with E-state index in [2.05, 4.69) is 37.4 Å². The Morgan fingerprint density at radius 1 is 0.450 bits per heavy atom. The Hall–Kier alpha value is 0.540. The van der Waals surface area contributed by atoms with Crippen molar-refractivity contribution in [2.45, 2.75) is 110 Å². The van der Waals surface area contributed by atoms with Crippen molar-refractivity contribution >= 4 is 23.6 Å². The molecule has 0 aromatic rings. The summed E-state index contributed by atoms with van der Waals surface area (Å²) >= 11 is 9.03. The molecule has 0 amide bonds. The summed E-state index contributed by atoms with van der Waals surface area (Å²) in [5.74, 6) is 0. The van der Waals surface area contributed by atoms with Crippen molar-refractivity contribution in [2.24, 2.45) is 0 Å². The average molecular weight is 326 g/mol. The van der Waals surface area contributed by atoms with E-state index in [1.807, 2.05) is 0 Å². The minimum atomic E-state index is 1.37. The predicted octanol–water partition coefficient (Wildman–Crippen LogP) is 7.76. The largest absolute Gasteiger partial charge is 0.145 e. The van der Waals surface area contributed by atoms with Crippen molar-refractivity contribution in [3.05, 3.63) is 0 Å². The van der Waals surface area contributed by atoms with Crippen molar-refractivity contribution < 1.29 is 0 Å². The summed E-state index contributed by atoms with van der Waals surface area (Å²) in [7, 11) is 0. The van der Waals surface area contributed by atoms with Gasteiger partial charge in [0.2, 0.25) is 0 Å². The van der Waals surface area contributed by atoms with E-state index in [0.717, 1.165) is 0 Å². The zero-order valence-corrected chi connectivity index (χ0v) is 15.4. The number of halogens is 2. The molecule has 0 rings (SSSR count). The molecule has 20 heavy (non-hydrogen) atoms. The molecular formula is C17H37Cl2N. The van der Waals surface area contributed by atoms with Crippen molar-refractivity contribution in [1.29, 1.82) is 0 Å². The maximum Gasteiger partial charge on any atom is -0.00838 e. The summed E-state index contributed by atoms with van der Waals surface area (Å²) in [6.07, 6.45) is 21.9. The van der Waals surface area contributed by atoms with Crippen LogP contribution in [0.1, 0.15) is 110 Å². The fourth-order valence-electron chi connectivity index (χ4n) is 2.44. The molecule has 0 aliphatic rings. The molecule has 0 saturated heterocycles. The quantitative estimate of drug-likeness (QED) is 0.254. The van der Waals surface area contributed by atoms with Crippen LogP contribution in [0.15, 0.2) is 0 Å². The topological polar surface area (TPSA) is 12.0 Å². The van der Waals surface area contributed by atoms with Crippen LogP contribution in [0.2, 0.25) is 0 Å². The normalized spacial score (nSPS) is 10.2. The van der Waals surface area contributed by atoms with Gasteiger partial charge < -0.3 is 0 Å². The van der Waals surface area contributed by atoms with Gasteiger partial charge in [-0.3, -0.25) is 0 Å². The summed E-state index contributed by atoms with van der Waals surface area (Å²) < 4.78 is 1.69. The van der Waals surface area contributed by atoms with Gasteiger partial charge >= 0.3 is 0 Å². The fraction of sp³-hybridized carbons (Fsp3) is 1.00. The van der Waals surface area contributed by atoms with Gasteiger partial charge in [0.05, 0.1) is 0 Å². The third kappa shape index (κ3) is 27.0. The van der Waals surface area contributed by atoms with Crippen LogP contribution in [0.3, 0.4) is 0 Å². The summed E-state index contributed by atoms with van der Waals surface area (Å²) in [6, 6.07) is 0. The molecule has 0 heterocycles. The highest BCUT2D eigenvalue weighted by Gasteiger charge is 1.93. The molecule has 0 spiro atoms. The van der Waals surface area contributed by atoms with Gasteiger partial charge in [-0.05, 0) is 23.6 Å². The van der Waals surface area contributed by atoms with Crippen LogP contribution in [0.5, 0.6) is 0 Å². The zero-order chi connectivity index (χ0) is 15.3. The first-order valence-corrected chi connectivity index (χ1v) is 9.55. The van der Waals surface area contributed by atoms with E-state index in [1.54, 1.807) is 4.35 Å². The first kappa shape index (κ1) is 22.8. The monoisotopic (exact) mass is 325 g/mol. The molecule has 0 radical (unpaired) electrons. The van der Waals surface area contributed by atoms with Crippen LogP contribution in [0.4, 0.5) is 0 Å². The molecule has 0 fully saturated rings. The molecule has 0 aromatic heterocycles. The first-order valence-electron chi connectivity index (χ1n) is 8.79.